The molecule has 106 valence electrons. The maximum atomic E-state index is 9.54. The minimum absolute atomic E-state index is 0.0818. The number of methoxy groups -OCH3 is 1. The van der Waals surface area contributed by atoms with E-state index in [1.807, 2.05) is 0 Å². The number of ether oxygens (including phenoxy) is 1. The SMILES string of the molecule is COC1CCN(CCCC(C)(CO)NC2CC2)C1. The lowest BCUT2D eigenvalue weighted by Gasteiger charge is -2.30. The summed E-state index contributed by atoms with van der Waals surface area (Å²) in [4.78, 5) is 2.48. The van der Waals surface area contributed by atoms with E-state index < -0.39 is 0 Å². The van der Waals surface area contributed by atoms with Crippen molar-refractivity contribution < 1.29 is 9.84 Å². The third-order valence-electron chi connectivity index (χ3n) is 4.24. The predicted octanol–water partition coefficient (Wildman–Crippen LogP) is 0.990. The van der Waals surface area contributed by atoms with Gasteiger partial charge in [-0.15, -0.1) is 0 Å². The Balaban J connectivity index is 1.64. The number of likely N-dealkylation sites (tertiary alicyclic amines) is 1. The molecule has 0 radical (unpaired) electrons. The van der Waals surface area contributed by atoms with Gasteiger partial charge >= 0.3 is 0 Å². The van der Waals surface area contributed by atoms with Crippen LogP contribution in [0.1, 0.15) is 39.0 Å². The van der Waals surface area contributed by atoms with Crippen LogP contribution in [0, 0.1) is 0 Å². The topological polar surface area (TPSA) is 44.7 Å². The van der Waals surface area contributed by atoms with Gasteiger partial charge in [-0.25, -0.2) is 0 Å². The van der Waals surface area contributed by atoms with Crippen molar-refractivity contribution in [3.63, 3.8) is 0 Å². The molecule has 4 heteroatoms. The van der Waals surface area contributed by atoms with Gasteiger partial charge in [-0.2, -0.15) is 0 Å². The highest BCUT2D eigenvalue weighted by Gasteiger charge is 2.32. The van der Waals surface area contributed by atoms with E-state index in [-0.39, 0.29) is 12.1 Å². The van der Waals surface area contributed by atoms with E-state index in [4.69, 9.17) is 4.74 Å². The van der Waals surface area contributed by atoms with Gasteiger partial charge in [0.25, 0.3) is 0 Å². The van der Waals surface area contributed by atoms with Crippen LogP contribution in [-0.2, 0) is 4.74 Å². The van der Waals surface area contributed by atoms with Crippen LogP contribution in [-0.4, -0.2) is 61.0 Å². The van der Waals surface area contributed by atoms with Crippen LogP contribution in [0.5, 0.6) is 0 Å². The van der Waals surface area contributed by atoms with Gasteiger partial charge in [0, 0.05) is 31.8 Å². The number of hydrogen-bond acceptors (Lipinski definition) is 4. The Morgan fingerprint density at radius 1 is 1.39 bits per heavy atom. The number of aliphatic hydroxyl groups is 1. The van der Waals surface area contributed by atoms with Crippen LogP contribution >= 0.6 is 0 Å². The Labute approximate surface area is 111 Å². The van der Waals surface area contributed by atoms with Gasteiger partial charge < -0.3 is 20.1 Å². The Hall–Kier alpha value is -0.160. The third kappa shape index (κ3) is 4.19. The van der Waals surface area contributed by atoms with Crippen LogP contribution in [0.15, 0.2) is 0 Å². The molecule has 4 nitrogen and oxygen atoms in total. The first-order valence-electron chi connectivity index (χ1n) is 7.29. The molecule has 2 aliphatic rings. The summed E-state index contributed by atoms with van der Waals surface area (Å²) in [6, 6.07) is 0.659. The second kappa shape index (κ2) is 6.33. The average Bonchev–Trinajstić information content (AvgIpc) is 3.05. The molecule has 1 aliphatic carbocycles. The van der Waals surface area contributed by atoms with Crippen molar-refractivity contribution in [1.82, 2.24) is 10.2 Å². The summed E-state index contributed by atoms with van der Waals surface area (Å²) in [5.41, 5.74) is -0.0818. The van der Waals surface area contributed by atoms with E-state index >= 15 is 0 Å². The standard InChI is InChI=1S/C14H28N2O2/c1-14(11-17,15-12-4-5-12)7-3-8-16-9-6-13(10-16)18-2/h12-13,15,17H,3-11H2,1-2H3. The minimum atomic E-state index is -0.0818. The lowest BCUT2D eigenvalue weighted by Crippen LogP contribution is -2.47. The smallest absolute Gasteiger partial charge is 0.0710 e. The highest BCUT2D eigenvalue weighted by Crippen LogP contribution is 2.24. The van der Waals surface area contributed by atoms with Crippen LogP contribution in [0.4, 0.5) is 0 Å². The molecule has 1 aliphatic heterocycles. The second-order valence-corrected chi connectivity index (χ2v) is 6.19. The molecule has 2 unspecified atom stereocenters. The monoisotopic (exact) mass is 256 g/mol. The van der Waals surface area contributed by atoms with Crippen LogP contribution < -0.4 is 5.32 Å². The number of nitrogens with one attached hydrogen (secondary N) is 1. The molecule has 0 aromatic heterocycles. The van der Waals surface area contributed by atoms with Gasteiger partial charge in [0.05, 0.1) is 12.7 Å². The number of nitrogens with zero attached hydrogens (tertiary/aromatic N) is 1. The van der Waals surface area contributed by atoms with Gasteiger partial charge in [-0.3, -0.25) is 0 Å². The summed E-state index contributed by atoms with van der Waals surface area (Å²) in [5, 5.41) is 13.1. The summed E-state index contributed by atoms with van der Waals surface area (Å²) in [7, 11) is 1.80. The summed E-state index contributed by atoms with van der Waals surface area (Å²) < 4.78 is 5.38. The Bertz CT molecular complexity index is 258. The molecule has 2 N–H and O–H groups in total. The molecular formula is C14H28N2O2. The normalized spacial score (nSPS) is 28.5. The first-order chi connectivity index (χ1) is 8.65. The van der Waals surface area contributed by atoms with E-state index in [2.05, 4.69) is 17.1 Å². The molecule has 1 saturated carbocycles. The van der Waals surface area contributed by atoms with Gasteiger partial charge in [-0.1, -0.05) is 0 Å². The molecule has 2 atom stereocenters. The molecule has 1 saturated heterocycles. The quantitative estimate of drug-likeness (QED) is 0.680. The zero-order valence-corrected chi connectivity index (χ0v) is 11.8. The molecule has 2 rings (SSSR count). The van der Waals surface area contributed by atoms with E-state index in [0.717, 1.165) is 38.9 Å². The summed E-state index contributed by atoms with van der Waals surface area (Å²) in [6.07, 6.45) is 6.34. The zero-order chi connectivity index (χ0) is 13.0. The average molecular weight is 256 g/mol. The Morgan fingerprint density at radius 3 is 2.72 bits per heavy atom. The Morgan fingerprint density at radius 2 is 2.17 bits per heavy atom. The number of rotatable bonds is 8. The highest BCUT2D eigenvalue weighted by molar-refractivity contribution is 4.92. The fourth-order valence-electron chi connectivity index (χ4n) is 2.80. The molecule has 2 fully saturated rings. The van der Waals surface area contributed by atoms with Gasteiger partial charge in [0.1, 0.15) is 0 Å². The molecule has 18 heavy (non-hydrogen) atoms. The number of aliphatic hydroxyl groups excluding tert-OH is 1. The fraction of sp³-hybridized carbons (Fsp3) is 1.00. The van der Waals surface area contributed by atoms with Gasteiger partial charge in [0.15, 0.2) is 0 Å². The van der Waals surface area contributed by atoms with Crippen molar-refractivity contribution in [3.8, 4) is 0 Å². The van der Waals surface area contributed by atoms with Crippen molar-refractivity contribution >= 4 is 0 Å². The predicted molar refractivity (Wildman–Crippen MR) is 72.7 cm³/mol. The van der Waals surface area contributed by atoms with Crippen molar-refractivity contribution in [3.05, 3.63) is 0 Å². The summed E-state index contributed by atoms with van der Waals surface area (Å²) in [5.74, 6) is 0. The first-order valence-corrected chi connectivity index (χ1v) is 7.29. The van der Waals surface area contributed by atoms with Crippen LogP contribution in [0.25, 0.3) is 0 Å². The maximum Gasteiger partial charge on any atom is 0.0710 e. The minimum Gasteiger partial charge on any atom is -0.394 e. The fourth-order valence-corrected chi connectivity index (χ4v) is 2.80. The second-order valence-electron chi connectivity index (χ2n) is 6.19. The van der Waals surface area contributed by atoms with Crippen molar-refractivity contribution in [2.75, 3.05) is 33.4 Å². The van der Waals surface area contributed by atoms with Crippen LogP contribution in [0.3, 0.4) is 0 Å². The zero-order valence-electron chi connectivity index (χ0n) is 11.8. The lowest BCUT2D eigenvalue weighted by atomic mass is 9.96. The summed E-state index contributed by atoms with van der Waals surface area (Å²) in [6.45, 7) is 5.74. The molecule has 0 aromatic rings. The Kier molecular flexibility index (Phi) is 5.01. The molecule has 0 aromatic carbocycles. The molecule has 1 heterocycles. The largest absolute Gasteiger partial charge is 0.394 e. The van der Waals surface area contributed by atoms with Crippen LogP contribution in [0.2, 0.25) is 0 Å². The van der Waals surface area contributed by atoms with E-state index in [1.165, 1.54) is 12.8 Å². The first kappa shape index (κ1) is 14.3. The van der Waals surface area contributed by atoms with E-state index in [1.54, 1.807) is 7.11 Å². The van der Waals surface area contributed by atoms with Crippen molar-refractivity contribution in [2.24, 2.45) is 0 Å². The molecule has 0 bridgehead atoms. The van der Waals surface area contributed by atoms with E-state index in [0.29, 0.717) is 12.1 Å². The van der Waals surface area contributed by atoms with Gasteiger partial charge in [0.2, 0.25) is 0 Å². The van der Waals surface area contributed by atoms with Gasteiger partial charge in [-0.05, 0) is 45.6 Å². The third-order valence-corrected chi connectivity index (χ3v) is 4.24. The summed E-state index contributed by atoms with van der Waals surface area (Å²) >= 11 is 0. The molecular weight excluding hydrogens is 228 g/mol. The number of hydrogen-bond donors (Lipinski definition) is 2. The maximum absolute atomic E-state index is 9.54. The van der Waals surface area contributed by atoms with Crippen molar-refractivity contribution in [1.29, 1.82) is 0 Å². The van der Waals surface area contributed by atoms with Crippen molar-refractivity contribution in [2.45, 2.75) is 56.7 Å². The molecule has 0 amide bonds. The molecule has 0 spiro atoms. The van der Waals surface area contributed by atoms with E-state index in [9.17, 15) is 5.11 Å². The lowest BCUT2D eigenvalue weighted by molar-refractivity contribution is 0.106. The highest BCUT2D eigenvalue weighted by atomic mass is 16.5.